The van der Waals surface area contributed by atoms with E-state index in [9.17, 15) is 18.0 Å². The number of likely N-dealkylation sites (N-methyl/N-ethyl adjacent to an activating group) is 1. The molecule has 0 aromatic heterocycles. The number of benzene rings is 1. The summed E-state index contributed by atoms with van der Waals surface area (Å²) < 4.78 is 40.4. The lowest BCUT2D eigenvalue weighted by Crippen LogP contribution is -2.45. The first-order valence-electron chi connectivity index (χ1n) is 8.66. The second-order valence-corrected chi connectivity index (χ2v) is 6.71. The Bertz CT molecular complexity index is 600. The highest BCUT2D eigenvalue weighted by Gasteiger charge is 2.34. The van der Waals surface area contributed by atoms with Crippen molar-refractivity contribution in [3.63, 3.8) is 0 Å². The molecular formula is C18H28F3N3O. The highest BCUT2D eigenvalue weighted by Crippen LogP contribution is 2.33. The second kappa shape index (κ2) is 8.19. The van der Waals surface area contributed by atoms with Gasteiger partial charge < -0.3 is 10.2 Å². The van der Waals surface area contributed by atoms with Gasteiger partial charge in [-0.2, -0.15) is 13.2 Å². The summed E-state index contributed by atoms with van der Waals surface area (Å²) in [7, 11) is 0. The molecule has 0 aliphatic carbocycles. The van der Waals surface area contributed by atoms with E-state index >= 15 is 0 Å². The van der Waals surface area contributed by atoms with Crippen LogP contribution in [-0.4, -0.2) is 54.5 Å². The van der Waals surface area contributed by atoms with Crippen LogP contribution in [0.4, 0.5) is 13.2 Å². The SMILES string of the molecule is CCN1CCN(Cc2ccc(C(=O)NC(C)C)cc2C(F)(F)F)CC1.[HH]. The van der Waals surface area contributed by atoms with Gasteiger partial charge in [0.1, 0.15) is 0 Å². The van der Waals surface area contributed by atoms with Crippen molar-refractivity contribution in [2.45, 2.75) is 39.5 Å². The Balaban J connectivity index is 0.00000338. The molecule has 1 fully saturated rings. The van der Waals surface area contributed by atoms with Crippen molar-refractivity contribution in [1.82, 2.24) is 15.1 Å². The first-order chi connectivity index (χ1) is 11.7. The van der Waals surface area contributed by atoms with E-state index < -0.39 is 17.6 Å². The Morgan fingerprint density at radius 3 is 2.32 bits per heavy atom. The highest BCUT2D eigenvalue weighted by atomic mass is 19.4. The largest absolute Gasteiger partial charge is 0.416 e. The normalized spacial score (nSPS) is 17.1. The van der Waals surface area contributed by atoms with Gasteiger partial charge in [-0.15, -0.1) is 0 Å². The summed E-state index contributed by atoms with van der Waals surface area (Å²) in [6.07, 6.45) is -4.48. The van der Waals surface area contributed by atoms with Crippen LogP contribution in [0.1, 0.15) is 43.7 Å². The summed E-state index contributed by atoms with van der Waals surface area (Å²) in [5, 5.41) is 2.63. The number of hydrogen-bond acceptors (Lipinski definition) is 3. The molecule has 0 radical (unpaired) electrons. The maximum Gasteiger partial charge on any atom is 0.416 e. The fourth-order valence-electron chi connectivity index (χ4n) is 2.97. The van der Waals surface area contributed by atoms with Gasteiger partial charge in [0.25, 0.3) is 5.91 Å². The van der Waals surface area contributed by atoms with Crippen molar-refractivity contribution in [3.8, 4) is 0 Å². The zero-order chi connectivity index (χ0) is 18.6. The standard InChI is InChI=1S/C18H26F3N3O.H2/c1-4-23-7-9-24(10-8-23)12-15-6-5-14(17(25)22-13(2)3)11-16(15)18(19,20)21;/h5-6,11,13H,4,7-10,12H2,1-3H3,(H,22,25);1H. The smallest absolute Gasteiger partial charge is 0.350 e. The van der Waals surface area contributed by atoms with Crippen LogP contribution >= 0.6 is 0 Å². The highest BCUT2D eigenvalue weighted by molar-refractivity contribution is 5.94. The van der Waals surface area contributed by atoms with Crippen LogP contribution in [0, 0.1) is 0 Å². The lowest BCUT2D eigenvalue weighted by Gasteiger charge is -2.34. The van der Waals surface area contributed by atoms with E-state index in [0.717, 1.165) is 38.8 Å². The third kappa shape index (κ3) is 5.44. The molecule has 1 aliphatic heterocycles. The average molecular weight is 359 g/mol. The van der Waals surface area contributed by atoms with Crippen molar-refractivity contribution in [2.24, 2.45) is 0 Å². The molecule has 2 rings (SSSR count). The Morgan fingerprint density at radius 1 is 1.20 bits per heavy atom. The molecule has 142 valence electrons. The molecule has 1 aromatic rings. The van der Waals surface area contributed by atoms with Crippen LogP contribution in [0.3, 0.4) is 0 Å². The fraction of sp³-hybridized carbons (Fsp3) is 0.611. The van der Waals surface area contributed by atoms with E-state index in [-0.39, 0.29) is 25.1 Å². The number of piperazine rings is 1. The molecule has 0 unspecified atom stereocenters. The molecule has 1 heterocycles. The minimum atomic E-state index is -4.48. The van der Waals surface area contributed by atoms with Crippen molar-refractivity contribution >= 4 is 5.91 Å². The first-order valence-corrected chi connectivity index (χ1v) is 8.66. The van der Waals surface area contributed by atoms with Crippen molar-refractivity contribution < 1.29 is 19.4 Å². The van der Waals surface area contributed by atoms with Gasteiger partial charge in [0, 0.05) is 45.8 Å². The van der Waals surface area contributed by atoms with Gasteiger partial charge in [-0.3, -0.25) is 9.69 Å². The van der Waals surface area contributed by atoms with E-state index in [1.54, 1.807) is 13.8 Å². The molecule has 1 saturated heterocycles. The number of rotatable bonds is 5. The van der Waals surface area contributed by atoms with E-state index in [2.05, 4.69) is 17.1 Å². The number of carbonyl (C=O) groups is 1. The zero-order valence-electron chi connectivity index (χ0n) is 15.0. The average Bonchev–Trinajstić information content (AvgIpc) is 2.54. The van der Waals surface area contributed by atoms with Gasteiger partial charge in [-0.1, -0.05) is 13.0 Å². The molecule has 1 amide bonds. The van der Waals surface area contributed by atoms with Crippen molar-refractivity contribution in [2.75, 3.05) is 32.7 Å². The van der Waals surface area contributed by atoms with E-state index in [1.165, 1.54) is 12.1 Å². The summed E-state index contributed by atoms with van der Waals surface area (Å²) in [5.74, 6) is -0.483. The first kappa shape index (κ1) is 19.7. The summed E-state index contributed by atoms with van der Waals surface area (Å²) >= 11 is 0. The molecule has 7 heteroatoms. The van der Waals surface area contributed by atoms with Gasteiger partial charge in [-0.05, 0) is 38.1 Å². The molecule has 0 saturated carbocycles. The van der Waals surface area contributed by atoms with Gasteiger partial charge >= 0.3 is 6.18 Å². The van der Waals surface area contributed by atoms with E-state index in [4.69, 9.17) is 0 Å². The number of nitrogens with one attached hydrogen (secondary N) is 1. The van der Waals surface area contributed by atoms with Crippen LogP contribution in [0.5, 0.6) is 0 Å². The van der Waals surface area contributed by atoms with Crippen molar-refractivity contribution in [3.05, 3.63) is 34.9 Å². The maximum absolute atomic E-state index is 13.5. The molecule has 0 spiro atoms. The number of carbonyl (C=O) groups excluding carboxylic acids is 1. The molecule has 4 nitrogen and oxygen atoms in total. The topological polar surface area (TPSA) is 35.6 Å². The fourth-order valence-corrected chi connectivity index (χ4v) is 2.97. The monoisotopic (exact) mass is 359 g/mol. The molecule has 1 aliphatic rings. The number of hydrogen-bond donors (Lipinski definition) is 1. The second-order valence-electron chi connectivity index (χ2n) is 6.71. The molecule has 1 N–H and O–H groups in total. The number of halogens is 3. The molecule has 25 heavy (non-hydrogen) atoms. The third-order valence-electron chi connectivity index (χ3n) is 4.40. The molecule has 0 bridgehead atoms. The predicted molar refractivity (Wildman–Crippen MR) is 93.6 cm³/mol. The van der Waals surface area contributed by atoms with Crippen LogP contribution in [0.2, 0.25) is 0 Å². The lowest BCUT2D eigenvalue weighted by molar-refractivity contribution is -0.138. The van der Waals surface area contributed by atoms with Crippen LogP contribution < -0.4 is 5.32 Å². The van der Waals surface area contributed by atoms with Crippen LogP contribution in [-0.2, 0) is 12.7 Å². The Morgan fingerprint density at radius 2 is 1.80 bits per heavy atom. The summed E-state index contributed by atoms with van der Waals surface area (Å²) in [5.41, 5.74) is -0.457. The van der Waals surface area contributed by atoms with E-state index in [0.29, 0.717) is 0 Å². The maximum atomic E-state index is 13.5. The quantitative estimate of drug-likeness (QED) is 0.877. The minimum Gasteiger partial charge on any atom is -0.350 e. The third-order valence-corrected chi connectivity index (χ3v) is 4.40. The lowest BCUT2D eigenvalue weighted by atomic mass is 10.0. The van der Waals surface area contributed by atoms with Crippen LogP contribution in [0.25, 0.3) is 0 Å². The predicted octanol–water partition coefficient (Wildman–Crippen LogP) is 3.23. The zero-order valence-corrected chi connectivity index (χ0v) is 15.0. The molecular weight excluding hydrogens is 331 g/mol. The number of alkyl halides is 3. The number of amides is 1. The Hall–Kier alpha value is -1.60. The van der Waals surface area contributed by atoms with Gasteiger partial charge in [0.05, 0.1) is 5.56 Å². The Labute approximate surface area is 148 Å². The molecule has 1 aromatic carbocycles. The molecule has 0 atom stereocenters. The van der Waals surface area contributed by atoms with Gasteiger partial charge in [0.2, 0.25) is 0 Å². The number of nitrogens with zero attached hydrogens (tertiary/aromatic N) is 2. The van der Waals surface area contributed by atoms with Gasteiger partial charge in [0.15, 0.2) is 0 Å². The van der Waals surface area contributed by atoms with Crippen LogP contribution in [0.15, 0.2) is 18.2 Å². The van der Waals surface area contributed by atoms with Crippen molar-refractivity contribution in [1.29, 1.82) is 0 Å². The summed E-state index contributed by atoms with van der Waals surface area (Å²) in [4.78, 5) is 16.3. The van der Waals surface area contributed by atoms with E-state index in [1.807, 2.05) is 4.90 Å². The Kier molecular flexibility index (Phi) is 6.46. The van der Waals surface area contributed by atoms with Gasteiger partial charge in [-0.25, -0.2) is 0 Å². The summed E-state index contributed by atoms with van der Waals surface area (Å²) in [6.45, 7) is 10.1. The summed E-state index contributed by atoms with van der Waals surface area (Å²) in [6, 6.07) is 3.75. The minimum absolute atomic E-state index is 0.